The van der Waals surface area contributed by atoms with E-state index in [0.717, 1.165) is 22.2 Å². The SMILES string of the molecule is Nc1ccc(Cl)c(-c2cn(-c3ccccc3)c3ccccc23)n1. The van der Waals surface area contributed by atoms with Crippen molar-refractivity contribution in [3.05, 3.63) is 77.9 Å². The van der Waals surface area contributed by atoms with Crippen molar-refractivity contribution in [1.29, 1.82) is 0 Å². The Morgan fingerprint density at radius 1 is 0.870 bits per heavy atom. The van der Waals surface area contributed by atoms with Crippen LogP contribution in [0.1, 0.15) is 0 Å². The van der Waals surface area contributed by atoms with E-state index >= 15 is 0 Å². The van der Waals surface area contributed by atoms with Gasteiger partial charge < -0.3 is 10.3 Å². The van der Waals surface area contributed by atoms with Gasteiger partial charge in [-0.05, 0) is 30.3 Å². The molecule has 0 saturated heterocycles. The lowest BCUT2D eigenvalue weighted by molar-refractivity contribution is 1.13. The summed E-state index contributed by atoms with van der Waals surface area (Å²) in [6, 6.07) is 21.9. The Kier molecular flexibility index (Phi) is 3.28. The standard InChI is InChI=1S/C19H14ClN3/c20-16-10-11-18(21)22-19(16)15-12-23(13-6-2-1-3-7-13)17-9-5-4-8-14(15)17/h1-12H,(H2,21,22). The van der Waals surface area contributed by atoms with Crippen LogP contribution in [0.25, 0.3) is 27.8 Å². The molecule has 0 radical (unpaired) electrons. The predicted octanol–water partition coefficient (Wildman–Crippen LogP) is 4.93. The second-order valence-corrected chi connectivity index (χ2v) is 5.74. The fraction of sp³-hybridized carbons (Fsp3) is 0. The number of hydrogen-bond acceptors (Lipinski definition) is 2. The molecule has 4 aromatic rings. The molecule has 23 heavy (non-hydrogen) atoms. The van der Waals surface area contributed by atoms with E-state index in [0.29, 0.717) is 16.5 Å². The van der Waals surface area contributed by atoms with Gasteiger partial charge >= 0.3 is 0 Å². The van der Waals surface area contributed by atoms with Crippen LogP contribution in [0.4, 0.5) is 5.82 Å². The Balaban J connectivity index is 2.04. The smallest absolute Gasteiger partial charge is 0.124 e. The zero-order chi connectivity index (χ0) is 15.8. The van der Waals surface area contributed by atoms with Crippen LogP contribution >= 0.6 is 11.6 Å². The van der Waals surface area contributed by atoms with Gasteiger partial charge in [0.05, 0.1) is 16.2 Å². The molecule has 0 aliphatic carbocycles. The molecule has 2 heterocycles. The third-order valence-electron chi connectivity index (χ3n) is 3.87. The summed E-state index contributed by atoms with van der Waals surface area (Å²) >= 11 is 6.36. The molecule has 2 aromatic heterocycles. The number of fused-ring (bicyclic) bond motifs is 1. The van der Waals surface area contributed by atoms with Crippen molar-refractivity contribution in [2.45, 2.75) is 0 Å². The van der Waals surface area contributed by atoms with Crippen LogP contribution in [0.5, 0.6) is 0 Å². The van der Waals surface area contributed by atoms with E-state index in [9.17, 15) is 0 Å². The highest BCUT2D eigenvalue weighted by molar-refractivity contribution is 6.33. The number of rotatable bonds is 2. The maximum Gasteiger partial charge on any atom is 0.124 e. The number of nitrogens with zero attached hydrogens (tertiary/aromatic N) is 2. The van der Waals surface area contributed by atoms with E-state index < -0.39 is 0 Å². The van der Waals surface area contributed by atoms with Gasteiger partial charge in [-0.25, -0.2) is 4.98 Å². The summed E-state index contributed by atoms with van der Waals surface area (Å²) in [5.74, 6) is 0.459. The first-order valence-corrected chi connectivity index (χ1v) is 7.70. The number of para-hydroxylation sites is 2. The van der Waals surface area contributed by atoms with Crippen LogP contribution in [0.15, 0.2) is 72.9 Å². The highest BCUT2D eigenvalue weighted by atomic mass is 35.5. The highest BCUT2D eigenvalue weighted by Crippen LogP contribution is 2.35. The van der Waals surface area contributed by atoms with Crippen molar-refractivity contribution in [1.82, 2.24) is 9.55 Å². The largest absolute Gasteiger partial charge is 0.384 e. The van der Waals surface area contributed by atoms with Crippen LogP contribution in [0.3, 0.4) is 0 Å². The molecule has 2 aromatic carbocycles. The number of benzene rings is 2. The minimum atomic E-state index is 0.459. The zero-order valence-electron chi connectivity index (χ0n) is 12.3. The quantitative estimate of drug-likeness (QED) is 0.569. The van der Waals surface area contributed by atoms with Crippen molar-refractivity contribution in [2.75, 3.05) is 5.73 Å². The fourth-order valence-electron chi connectivity index (χ4n) is 2.82. The van der Waals surface area contributed by atoms with Gasteiger partial charge in [-0.15, -0.1) is 0 Å². The average Bonchev–Trinajstić information content (AvgIpc) is 2.97. The molecule has 0 amide bonds. The third kappa shape index (κ3) is 2.35. The first-order chi connectivity index (χ1) is 11.2. The Morgan fingerprint density at radius 3 is 2.43 bits per heavy atom. The van der Waals surface area contributed by atoms with Crippen molar-refractivity contribution in [2.24, 2.45) is 0 Å². The number of anilines is 1. The van der Waals surface area contributed by atoms with E-state index in [1.165, 1.54) is 0 Å². The molecule has 0 aliphatic heterocycles. The van der Waals surface area contributed by atoms with Crippen molar-refractivity contribution in [3.8, 4) is 16.9 Å². The third-order valence-corrected chi connectivity index (χ3v) is 4.17. The molecule has 0 fully saturated rings. The molecule has 0 bridgehead atoms. The Morgan fingerprint density at radius 2 is 1.61 bits per heavy atom. The normalized spacial score (nSPS) is 11.0. The van der Waals surface area contributed by atoms with E-state index in [1.807, 2.05) is 30.3 Å². The van der Waals surface area contributed by atoms with Gasteiger partial charge in [0.1, 0.15) is 5.82 Å². The van der Waals surface area contributed by atoms with Crippen molar-refractivity contribution >= 4 is 28.3 Å². The van der Waals surface area contributed by atoms with E-state index in [2.05, 4.69) is 40.0 Å². The Bertz CT molecular complexity index is 990. The molecule has 3 nitrogen and oxygen atoms in total. The lowest BCUT2D eigenvalue weighted by atomic mass is 10.1. The lowest BCUT2D eigenvalue weighted by Gasteiger charge is -2.04. The predicted molar refractivity (Wildman–Crippen MR) is 95.9 cm³/mol. The number of nitrogen functional groups attached to an aromatic ring is 1. The minimum absolute atomic E-state index is 0.459. The molecule has 0 aliphatic rings. The minimum Gasteiger partial charge on any atom is -0.384 e. The molecular weight excluding hydrogens is 306 g/mol. The monoisotopic (exact) mass is 319 g/mol. The lowest BCUT2D eigenvalue weighted by Crippen LogP contribution is -1.93. The van der Waals surface area contributed by atoms with E-state index in [1.54, 1.807) is 12.1 Å². The molecule has 0 saturated carbocycles. The van der Waals surface area contributed by atoms with Crippen LogP contribution in [-0.2, 0) is 0 Å². The zero-order valence-corrected chi connectivity index (χ0v) is 13.0. The summed E-state index contributed by atoms with van der Waals surface area (Å²) in [5, 5.41) is 1.69. The fourth-order valence-corrected chi connectivity index (χ4v) is 3.02. The van der Waals surface area contributed by atoms with Gasteiger partial charge in [-0.1, -0.05) is 48.0 Å². The molecule has 0 atom stereocenters. The van der Waals surface area contributed by atoms with Crippen LogP contribution < -0.4 is 5.73 Å². The summed E-state index contributed by atoms with van der Waals surface area (Å²) in [6.45, 7) is 0. The number of aromatic nitrogens is 2. The topological polar surface area (TPSA) is 43.8 Å². The van der Waals surface area contributed by atoms with E-state index in [-0.39, 0.29) is 0 Å². The maximum absolute atomic E-state index is 6.36. The van der Waals surface area contributed by atoms with Gasteiger partial charge in [-0.3, -0.25) is 0 Å². The second-order valence-electron chi connectivity index (χ2n) is 5.33. The second kappa shape index (κ2) is 5.45. The van der Waals surface area contributed by atoms with Crippen molar-refractivity contribution < 1.29 is 0 Å². The molecule has 0 unspecified atom stereocenters. The Labute approximate surface area is 139 Å². The molecule has 0 spiro atoms. The molecule has 4 heteroatoms. The number of nitrogens with two attached hydrogens (primary N) is 1. The maximum atomic E-state index is 6.36. The molecule has 2 N–H and O–H groups in total. The summed E-state index contributed by atoms with van der Waals surface area (Å²) in [6.07, 6.45) is 2.06. The molecular formula is C19H14ClN3. The van der Waals surface area contributed by atoms with Gasteiger partial charge in [0.15, 0.2) is 0 Å². The van der Waals surface area contributed by atoms with Gasteiger partial charge in [-0.2, -0.15) is 0 Å². The first kappa shape index (κ1) is 13.9. The van der Waals surface area contributed by atoms with Crippen molar-refractivity contribution in [3.63, 3.8) is 0 Å². The highest BCUT2D eigenvalue weighted by Gasteiger charge is 2.14. The van der Waals surface area contributed by atoms with Gasteiger partial charge in [0, 0.05) is 22.8 Å². The van der Waals surface area contributed by atoms with Gasteiger partial charge in [0.25, 0.3) is 0 Å². The molecule has 4 rings (SSSR count). The first-order valence-electron chi connectivity index (χ1n) is 7.32. The van der Waals surface area contributed by atoms with Crippen LogP contribution in [0, 0.1) is 0 Å². The summed E-state index contributed by atoms with van der Waals surface area (Å²) in [5.41, 5.74) is 9.73. The average molecular weight is 320 g/mol. The number of pyridine rings is 1. The van der Waals surface area contributed by atoms with Gasteiger partial charge in [0.2, 0.25) is 0 Å². The van der Waals surface area contributed by atoms with Crippen LogP contribution in [-0.4, -0.2) is 9.55 Å². The van der Waals surface area contributed by atoms with Crippen LogP contribution in [0.2, 0.25) is 5.02 Å². The number of halogens is 1. The number of hydrogen-bond donors (Lipinski definition) is 1. The molecule has 112 valence electrons. The summed E-state index contributed by atoms with van der Waals surface area (Å²) in [7, 11) is 0. The Hall–Kier alpha value is -2.78. The summed E-state index contributed by atoms with van der Waals surface area (Å²) < 4.78 is 2.14. The van der Waals surface area contributed by atoms with E-state index in [4.69, 9.17) is 17.3 Å². The summed E-state index contributed by atoms with van der Waals surface area (Å²) in [4.78, 5) is 4.43.